The lowest BCUT2D eigenvalue weighted by Gasteiger charge is -2.18. The summed E-state index contributed by atoms with van der Waals surface area (Å²) >= 11 is 5.94. The molecule has 2 heterocycles. The first-order valence-electron chi connectivity index (χ1n) is 7.54. The first-order chi connectivity index (χ1) is 12.1. The lowest BCUT2D eigenvalue weighted by atomic mass is 10.1. The van der Waals surface area contributed by atoms with E-state index in [-0.39, 0.29) is 5.56 Å². The number of amides is 1. The smallest absolute Gasteiger partial charge is 0.349 e. The van der Waals surface area contributed by atoms with Crippen LogP contribution in [0.15, 0.2) is 51.7 Å². The van der Waals surface area contributed by atoms with Crippen molar-refractivity contribution in [3.05, 3.63) is 63.5 Å². The molecular weight excluding hydrogens is 346 g/mol. The minimum atomic E-state index is -0.718. The Labute approximate surface area is 146 Å². The maximum Gasteiger partial charge on any atom is 0.349 e. The summed E-state index contributed by atoms with van der Waals surface area (Å²) in [6.07, 6.45) is 0. The highest BCUT2D eigenvalue weighted by Crippen LogP contribution is 2.32. The van der Waals surface area contributed by atoms with Gasteiger partial charge in [-0.25, -0.2) is 4.79 Å². The minimum Gasteiger partial charge on any atom is -0.486 e. The molecule has 0 unspecified atom stereocenters. The molecule has 0 aliphatic carbocycles. The number of carbonyl (C=O) groups is 1. The van der Waals surface area contributed by atoms with Gasteiger partial charge >= 0.3 is 5.63 Å². The third-order valence-electron chi connectivity index (χ3n) is 3.74. The summed E-state index contributed by atoms with van der Waals surface area (Å²) in [5.41, 5.74) is 0.0274. The first-order valence-corrected chi connectivity index (χ1v) is 7.92. The molecule has 0 bridgehead atoms. The molecule has 1 aromatic heterocycles. The molecule has 0 fully saturated rings. The van der Waals surface area contributed by atoms with Crippen LogP contribution in [0.5, 0.6) is 11.5 Å². The second-order valence-electron chi connectivity index (χ2n) is 5.44. The van der Waals surface area contributed by atoms with Gasteiger partial charge in [-0.1, -0.05) is 11.6 Å². The van der Waals surface area contributed by atoms with Crippen molar-refractivity contribution in [3.8, 4) is 11.5 Å². The number of nitrogens with one attached hydrogen (secondary N) is 1. The average molecular weight is 358 g/mol. The topological polar surface area (TPSA) is 77.8 Å². The zero-order valence-corrected chi connectivity index (χ0v) is 13.6. The van der Waals surface area contributed by atoms with Crippen molar-refractivity contribution in [1.29, 1.82) is 0 Å². The second kappa shape index (κ2) is 6.14. The molecule has 1 N–H and O–H groups in total. The van der Waals surface area contributed by atoms with Gasteiger partial charge in [0.25, 0.3) is 5.91 Å². The molecule has 0 spiro atoms. The third-order valence-corrected chi connectivity index (χ3v) is 3.97. The van der Waals surface area contributed by atoms with Gasteiger partial charge in [-0.05, 0) is 36.4 Å². The van der Waals surface area contributed by atoms with Crippen molar-refractivity contribution in [2.24, 2.45) is 0 Å². The van der Waals surface area contributed by atoms with E-state index >= 15 is 0 Å². The highest BCUT2D eigenvalue weighted by molar-refractivity contribution is 6.31. The largest absolute Gasteiger partial charge is 0.486 e. The van der Waals surface area contributed by atoms with Crippen LogP contribution in [0.2, 0.25) is 5.02 Å². The van der Waals surface area contributed by atoms with Gasteiger partial charge < -0.3 is 19.2 Å². The molecule has 25 heavy (non-hydrogen) atoms. The Bertz CT molecular complexity index is 1040. The fraction of sp³-hybridized carbons (Fsp3) is 0.111. The number of fused-ring (bicyclic) bond motifs is 2. The number of ether oxygens (including phenoxy) is 2. The fourth-order valence-electron chi connectivity index (χ4n) is 2.57. The second-order valence-corrected chi connectivity index (χ2v) is 5.88. The van der Waals surface area contributed by atoms with Crippen molar-refractivity contribution >= 4 is 34.2 Å². The summed E-state index contributed by atoms with van der Waals surface area (Å²) in [5, 5.41) is 3.72. The summed E-state index contributed by atoms with van der Waals surface area (Å²) in [6, 6.07) is 11.3. The highest BCUT2D eigenvalue weighted by Gasteiger charge is 2.16. The highest BCUT2D eigenvalue weighted by atomic mass is 35.5. The molecule has 1 aliphatic heterocycles. The van der Waals surface area contributed by atoms with Crippen LogP contribution in [0.25, 0.3) is 11.0 Å². The molecule has 0 atom stereocenters. The van der Waals surface area contributed by atoms with Crippen molar-refractivity contribution in [2.45, 2.75) is 0 Å². The lowest BCUT2D eigenvalue weighted by molar-refractivity contribution is 0.102. The van der Waals surface area contributed by atoms with E-state index in [1.54, 1.807) is 36.4 Å². The number of rotatable bonds is 2. The molecular formula is C18H12ClNO5. The van der Waals surface area contributed by atoms with Crippen LogP contribution in [0.1, 0.15) is 10.4 Å². The predicted octanol–water partition coefficient (Wildman–Crippen LogP) is 3.47. The van der Waals surface area contributed by atoms with E-state index in [0.717, 1.165) is 0 Å². The van der Waals surface area contributed by atoms with E-state index in [1.165, 1.54) is 6.07 Å². The predicted molar refractivity (Wildman–Crippen MR) is 92.9 cm³/mol. The van der Waals surface area contributed by atoms with Gasteiger partial charge in [0, 0.05) is 22.2 Å². The number of anilines is 1. The van der Waals surface area contributed by atoms with Crippen LogP contribution in [0, 0.1) is 0 Å². The zero-order valence-electron chi connectivity index (χ0n) is 12.9. The van der Waals surface area contributed by atoms with E-state index in [4.69, 9.17) is 25.5 Å². The normalized spacial score (nSPS) is 12.8. The van der Waals surface area contributed by atoms with Crippen LogP contribution < -0.4 is 20.4 Å². The molecule has 6 nitrogen and oxygen atoms in total. The van der Waals surface area contributed by atoms with Crippen molar-refractivity contribution < 1.29 is 18.7 Å². The Balaban J connectivity index is 1.66. The Morgan fingerprint density at radius 3 is 2.64 bits per heavy atom. The summed E-state index contributed by atoms with van der Waals surface area (Å²) < 4.78 is 16.1. The van der Waals surface area contributed by atoms with Crippen molar-refractivity contribution in [2.75, 3.05) is 18.5 Å². The molecule has 126 valence electrons. The van der Waals surface area contributed by atoms with Gasteiger partial charge in [0.2, 0.25) is 0 Å². The summed E-state index contributed by atoms with van der Waals surface area (Å²) in [7, 11) is 0. The van der Waals surface area contributed by atoms with Gasteiger partial charge in [0.05, 0.1) is 0 Å². The van der Waals surface area contributed by atoms with E-state index in [2.05, 4.69) is 5.32 Å². The molecule has 0 saturated carbocycles. The average Bonchev–Trinajstić information content (AvgIpc) is 2.61. The third kappa shape index (κ3) is 3.04. The number of benzene rings is 2. The Hall–Kier alpha value is -2.99. The Morgan fingerprint density at radius 2 is 1.80 bits per heavy atom. The summed E-state index contributed by atoms with van der Waals surface area (Å²) in [4.78, 5) is 24.5. The summed E-state index contributed by atoms with van der Waals surface area (Å²) in [5.74, 6) is 0.581. The van der Waals surface area contributed by atoms with E-state index in [9.17, 15) is 9.59 Å². The van der Waals surface area contributed by atoms with E-state index < -0.39 is 11.5 Å². The maximum absolute atomic E-state index is 12.5. The van der Waals surface area contributed by atoms with E-state index in [1.807, 2.05) is 0 Å². The Kier molecular flexibility index (Phi) is 3.82. The molecule has 1 aliphatic rings. The van der Waals surface area contributed by atoms with Crippen molar-refractivity contribution in [3.63, 3.8) is 0 Å². The molecule has 3 aromatic rings. The van der Waals surface area contributed by atoms with Crippen LogP contribution >= 0.6 is 11.6 Å². The molecule has 7 heteroatoms. The van der Waals surface area contributed by atoms with Crippen LogP contribution in [-0.2, 0) is 0 Å². The van der Waals surface area contributed by atoms with Gasteiger partial charge in [-0.15, -0.1) is 0 Å². The summed E-state index contributed by atoms with van der Waals surface area (Å²) in [6.45, 7) is 0.929. The van der Waals surface area contributed by atoms with Crippen molar-refractivity contribution in [1.82, 2.24) is 0 Å². The van der Waals surface area contributed by atoms with E-state index in [0.29, 0.717) is 46.4 Å². The lowest BCUT2D eigenvalue weighted by Crippen LogP contribution is -2.21. The number of hydrogen-bond acceptors (Lipinski definition) is 5. The van der Waals surface area contributed by atoms with Crippen LogP contribution in [0.3, 0.4) is 0 Å². The zero-order chi connectivity index (χ0) is 17.4. The van der Waals surface area contributed by atoms with Gasteiger partial charge in [0.15, 0.2) is 11.5 Å². The number of halogens is 1. The van der Waals surface area contributed by atoms with Crippen LogP contribution in [-0.4, -0.2) is 19.1 Å². The Morgan fingerprint density at radius 1 is 1.00 bits per heavy atom. The number of carbonyl (C=O) groups excluding carboxylic acids is 1. The first kappa shape index (κ1) is 15.5. The standard InChI is InChI=1S/C18H12ClNO5/c19-11-1-3-14-10(7-11)8-13(18(22)25-14)17(21)20-12-2-4-15-16(9-12)24-6-5-23-15/h1-4,7-9H,5-6H2,(H,20,21). The van der Waals surface area contributed by atoms with Crippen LogP contribution in [0.4, 0.5) is 5.69 Å². The van der Waals surface area contributed by atoms with Gasteiger partial charge in [0.1, 0.15) is 24.4 Å². The molecule has 0 saturated heterocycles. The maximum atomic E-state index is 12.5. The quantitative estimate of drug-likeness (QED) is 0.710. The molecule has 2 aromatic carbocycles. The fourth-order valence-corrected chi connectivity index (χ4v) is 2.75. The minimum absolute atomic E-state index is 0.107. The SMILES string of the molecule is O=C(Nc1ccc2c(c1)OCCO2)c1cc2cc(Cl)ccc2oc1=O. The number of hydrogen-bond donors (Lipinski definition) is 1. The molecule has 0 radical (unpaired) electrons. The van der Waals surface area contributed by atoms with Gasteiger partial charge in [-0.3, -0.25) is 4.79 Å². The molecule has 1 amide bonds. The molecule has 4 rings (SSSR count). The monoisotopic (exact) mass is 357 g/mol. The van der Waals surface area contributed by atoms with Gasteiger partial charge in [-0.2, -0.15) is 0 Å².